The topological polar surface area (TPSA) is 81.9 Å². The fraction of sp³-hybridized carbons (Fsp3) is 0.304. The molecule has 0 amide bonds. The predicted octanol–water partition coefficient (Wildman–Crippen LogP) is 6.32. The first kappa shape index (κ1) is 25.8. The van der Waals surface area contributed by atoms with Gasteiger partial charge >= 0.3 is 12.4 Å². The van der Waals surface area contributed by atoms with Crippen LogP contribution in [0.4, 0.5) is 32.2 Å². The minimum Gasteiger partial charge on any atom is -0.452 e. The lowest BCUT2D eigenvalue weighted by Gasteiger charge is -2.22. The van der Waals surface area contributed by atoms with Gasteiger partial charge in [0.15, 0.2) is 11.4 Å². The Hall–Kier alpha value is -3.25. The summed E-state index contributed by atoms with van der Waals surface area (Å²) in [7, 11) is 0. The highest BCUT2D eigenvalue weighted by Crippen LogP contribution is 2.41. The van der Waals surface area contributed by atoms with Gasteiger partial charge in [-0.3, -0.25) is 4.68 Å². The smallest absolute Gasteiger partial charge is 0.416 e. The van der Waals surface area contributed by atoms with Crippen molar-refractivity contribution in [2.75, 3.05) is 18.8 Å². The van der Waals surface area contributed by atoms with Crippen LogP contribution < -0.4 is 11.1 Å². The summed E-state index contributed by atoms with van der Waals surface area (Å²) in [5.41, 5.74) is 3.97. The summed E-state index contributed by atoms with van der Waals surface area (Å²) in [6, 6.07) is 2.90. The highest BCUT2D eigenvalue weighted by atomic mass is 35.5. The monoisotopic (exact) mass is 531 g/mol. The number of alkyl halides is 6. The molecule has 192 valence electrons. The van der Waals surface area contributed by atoms with Gasteiger partial charge in [0.05, 0.1) is 23.4 Å². The SMILES string of the molecule is Cl.Nc1ncc(-c2cnn(C3CCNCC3)c2)c2cc(-c3cc(C(F)(F)F)cc(C(F)(F)F)c3)oc12. The van der Waals surface area contributed by atoms with Gasteiger partial charge in [-0.25, -0.2) is 4.98 Å². The van der Waals surface area contributed by atoms with Crippen LogP contribution >= 0.6 is 12.4 Å². The normalized spacial score (nSPS) is 15.3. The van der Waals surface area contributed by atoms with E-state index in [9.17, 15) is 26.3 Å². The number of nitrogens with one attached hydrogen (secondary N) is 1. The number of furan rings is 1. The number of halogens is 7. The Morgan fingerprint density at radius 2 is 1.56 bits per heavy atom. The number of anilines is 1. The highest BCUT2D eigenvalue weighted by Gasteiger charge is 2.37. The van der Waals surface area contributed by atoms with Crippen molar-refractivity contribution in [3.05, 3.63) is 54.0 Å². The van der Waals surface area contributed by atoms with E-state index in [2.05, 4.69) is 15.4 Å². The summed E-state index contributed by atoms with van der Waals surface area (Å²) in [6.07, 6.45) is -3.19. The van der Waals surface area contributed by atoms with Crippen LogP contribution in [0.3, 0.4) is 0 Å². The summed E-state index contributed by atoms with van der Waals surface area (Å²) in [4.78, 5) is 4.10. The zero-order valence-electron chi connectivity index (χ0n) is 18.5. The molecule has 0 atom stereocenters. The Bertz CT molecular complexity index is 1360. The van der Waals surface area contributed by atoms with Gasteiger partial charge in [-0.1, -0.05) is 0 Å². The quantitative estimate of drug-likeness (QED) is 0.302. The van der Waals surface area contributed by atoms with E-state index < -0.39 is 23.5 Å². The lowest BCUT2D eigenvalue weighted by atomic mass is 10.0. The molecule has 1 aliphatic rings. The van der Waals surface area contributed by atoms with Crippen molar-refractivity contribution in [2.24, 2.45) is 0 Å². The Balaban J connectivity index is 0.00000304. The molecule has 6 nitrogen and oxygen atoms in total. The van der Waals surface area contributed by atoms with Gasteiger partial charge in [-0.2, -0.15) is 31.4 Å². The van der Waals surface area contributed by atoms with Crippen molar-refractivity contribution < 1.29 is 30.8 Å². The molecule has 3 N–H and O–H groups in total. The predicted molar refractivity (Wildman–Crippen MR) is 123 cm³/mol. The third kappa shape index (κ3) is 4.87. The molecule has 4 aromatic rings. The number of hydrogen-bond acceptors (Lipinski definition) is 5. The summed E-state index contributed by atoms with van der Waals surface area (Å²) in [6.45, 7) is 1.74. The van der Waals surface area contributed by atoms with Gasteiger partial charge in [-0.05, 0) is 50.2 Å². The molecule has 1 saturated heterocycles. The van der Waals surface area contributed by atoms with E-state index in [0.29, 0.717) is 28.6 Å². The van der Waals surface area contributed by atoms with E-state index in [-0.39, 0.29) is 47.2 Å². The first-order valence-electron chi connectivity index (χ1n) is 10.7. The van der Waals surface area contributed by atoms with Crippen molar-refractivity contribution >= 4 is 29.2 Å². The van der Waals surface area contributed by atoms with Gasteiger partial charge < -0.3 is 15.5 Å². The lowest BCUT2D eigenvalue weighted by Crippen LogP contribution is -2.29. The molecule has 0 aliphatic carbocycles. The fourth-order valence-corrected chi connectivity index (χ4v) is 4.26. The molecule has 0 saturated carbocycles. The Kier molecular flexibility index (Phi) is 6.69. The number of benzene rings is 1. The second-order valence-corrected chi connectivity index (χ2v) is 8.40. The Morgan fingerprint density at radius 3 is 2.17 bits per heavy atom. The number of hydrogen-bond donors (Lipinski definition) is 2. The van der Waals surface area contributed by atoms with Crippen molar-refractivity contribution in [2.45, 2.75) is 31.2 Å². The molecule has 1 aromatic carbocycles. The van der Waals surface area contributed by atoms with Gasteiger partial charge in [0, 0.05) is 34.5 Å². The Morgan fingerprint density at radius 1 is 0.917 bits per heavy atom. The molecule has 0 radical (unpaired) electrons. The zero-order valence-corrected chi connectivity index (χ0v) is 19.3. The van der Waals surface area contributed by atoms with E-state index in [1.807, 2.05) is 10.9 Å². The lowest BCUT2D eigenvalue weighted by molar-refractivity contribution is -0.143. The average molecular weight is 532 g/mol. The molecule has 0 unspecified atom stereocenters. The van der Waals surface area contributed by atoms with E-state index >= 15 is 0 Å². The maximum atomic E-state index is 13.3. The van der Waals surface area contributed by atoms with Crippen molar-refractivity contribution in [3.8, 4) is 22.5 Å². The number of piperidine rings is 1. The molecule has 1 fully saturated rings. The number of nitrogen functional groups attached to an aromatic ring is 1. The van der Waals surface area contributed by atoms with Crippen LogP contribution in [0.5, 0.6) is 0 Å². The molecular weight excluding hydrogens is 512 g/mol. The van der Waals surface area contributed by atoms with Crippen LogP contribution in [0.2, 0.25) is 0 Å². The van der Waals surface area contributed by atoms with E-state index in [0.717, 1.165) is 25.9 Å². The summed E-state index contributed by atoms with van der Waals surface area (Å²) < 4.78 is 87.4. The maximum absolute atomic E-state index is 13.3. The summed E-state index contributed by atoms with van der Waals surface area (Å²) >= 11 is 0. The molecular formula is C23H20ClF6N5O. The molecule has 5 rings (SSSR count). The van der Waals surface area contributed by atoms with Crippen LogP contribution in [0.15, 0.2) is 47.3 Å². The summed E-state index contributed by atoms with van der Waals surface area (Å²) in [5, 5.41) is 8.12. The van der Waals surface area contributed by atoms with Crippen LogP contribution in [0.25, 0.3) is 33.4 Å². The average Bonchev–Trinajstić information content (AvgIpc) is 3.47. The third-order valence-electron chi connectivity index (χ3n) is 6.06. The number of aromatic nitrogens is 3. The molecule has 0 bridgehead atoms. The molecule has 36 heavy (non-hydrogen) atoms. The Labute approximate surface area is 206 Å². The number of pyridine rings is 1. The molecule has 1 aliphatic heterocycles. The van der Waals surface area contributed by atoms with Gasteiger partial charge in [0.25, 0.3) is 0 Å². The van der Waals surface area contributed by atoms with E-state index in [1.54, 1.807) is 6.20 Å². The van der Waals surface area contributed by atoms with Gasteiger partial charge in [0.2, 0.25) is 0 Å². The van der Waals surface area contributed by atoms with Crippen molar-refractivity contribution in [1.29, 1.82) is 0 Å². The second-order valence-electron chi connectivity index (χ2n) is 8.40. The highest BCUT2D eigenvalue weighted by molar-refractivity contribution is 6.00. The first-order chi connectivity index (χ1) is 16.5. The minimum absolute atomic E-state index is 0. The molecule has 4 heterocycles. The number of fused-ring (bicyclic) bond motifs is 1. The molecule has 3 aromatic heterocycles. The number of nitrogens with two attached hydrogens (primary N) is 1. The second kappa shape index (κ2) is 9.32. The molecule has 13 heteroatoms. The van der Waals surface area contributed by atoms with Crippen LogP contribution in [-0.2, 0) is 12.4 Å². The summed E-state index contributed by atoms with van der Waals surface area (Å²) in [5.74, 6) is -0.230. The third-order valence-corrected chi connectivity index (χ3v) is 6.06. The van der Waals surface area contributed by atoms with Crippen LogP contribution in [0, 0.1) is 0 Å². The first-order valence-corrected chi connectivity index (χ1v) is 10.7. The van der Waals surface area contributed by atoms with Crippen molar-refractivity contribution in [3.63, 3.8) is 0 Å². The minimum atomic E-state index is -4.98. The molecule has 0 spiro atoms. The fourth-order valence-electron chi connectivity index (χ4n) is 4.26. The van der Waals surface area contributed by atoms with Gasteiger partial charge in [-0.15, -0.1) is 12.4 Å². The standard InChI is InChI=1S/C23H19F6N5O.ClH/c24-22(25,26)14-5-12(6-15(7-14)23(27,28)29)19-8-17-18(10-32-21(30)20(17)35-19)13-9-33-34(11-13)16-1-3-31-4-2-16;/h5-11,16,31H,1-4H2,(H2,30,32);1H. The number of rotatable bonds is 3. The zero-order chi connectivity index (χ0) is 25.0. The maximum Gasteiger partial charge on any atom is 0.416 e. The van der Waals surface area contributed by atoms with Crippen LogP contribution in [0.1, 0.15) is 30.0 Å². The van der Waals surface area contributed by atoms with Crippen molar-refractivity contribution in [1.82, 2.24) is 20.1 Å². The van der Waals surface area contributed by atoms with Crippen LogP contribution in [-0.4, -0.2) is 27.9 Å². The largest absolute Gasteiger partial charge is 0.452 e. The van der Waals surface area contributed by atoms with E-state index in [1.165, 1.54) is 12.3 Å². The number of nitrogens with zero attached hydrogens (tertiary/aromatic N) is 3. The van der Waals surface area contributed by atoms with E-state index in [4.69, 9.17) is 10.2 Å². The van der Waals surface area contributed by atoms with Gasteiger partial charge in [0.1, 0.15) is 5.76 Å².